The third kappa shape index (κ3) is 5.28. The highest BCUT2D eigenvalue weighted by Crippen LogP contribution is 2.23. The fourth-order valence-electron chi connectivity index (χ4n) is 1.64. The van der Waals surface area contributed by atoms with Gasteiger partial charge in [0.15, 0.2) is 0 Å². The van der Waals surface area contributed by atoms with Crippen molar-refractivity contribution in [3.8, 4) is 5.75 Å². The first-order valence-corrected chi connectivity index (χ1v) is 6.41. The lowest BCUT2D eigenvalue weighted by Crippen LogP contribution is -2.14. The molecule has 0 saturated heterocycles. The topological polar surface area (TPSA) is 78.8 Å². The SMILES string of the molecule is CCOc1ccc(NC(=O)CCC(C)O)cc1CO. The Balaban J connectivity index is 2.66. The molecule has 3 N–H and O–H groups in total. The fourth-order valence-corrected chi connectivity index (χ4v) is 1.64. The third-order valence-electron chi connectivity index (χ3n) is 2.60. The molecule has 0 radical (unpaired) electrons. The zero-order valence-electron chi connectivity index (χ0n) is 11.3. The van der Waals surface area contributed by atoms with E-state index in [0.29, 0.717) is 30.0 Å². The van der Waals surface area contributed by atoms with Crippen molar-refractivity contribution in [2.45, 2.75) is 39.4 Å². The van der Waals surface area contributed by atoms with E-state index in [9.17, 15) is 9.90 Å². The molecule has 1 aromatic carbocycles. The molecule has 19 heavy (non-hydrogen) atoms. The van der Waals surface area contributed by atoms with Gasteiger partial charge in [0.05, 0.1) is 19.3 Å². The summed E-state index contributed by atoms with van der Waals surface area (Å²) < 4.78 is 5.36. The summed E-state index contributed by atoms with van der Waals surface area (Å²) >= 11 is 0. The summed E-state index contributed by atoms with van der Waals surface area (Å²) in [5, 5.41) is 21.1. The minimum Gasteiger partial charge on any atom is -0.494 e. The molecule has 0 aliphatic carbocycles. The Morgan fingerprint density at radius 2 is 2.21 bits per heavy atom. The molecule has 5 nitrogen and oxygen atoms in total. The molecule has 1 unspecified atom stereocenters. The van der Waals surface area contributed by atoms with E-state index in [0.717, 1.165) is 0 Å². The number of carbonyl (C=O) groups is 1. The van der Waals surface area contributed by atoms with Gasteiger partial charge in [0, 0.05) is 17.7 Å². The molecular weight excluding hydrogens is 246 g/mol. The van der Waals surface area contributed by atoms with Crippen molar-refractivity contribution in [2.24, 2.45) is 0 Å². The molecule has 0 spiro atoms. The number of hydrogen-bond donors (Lipinski definition) is 3. The lowest BCUT2D eigenvalue weighted by Gasteiger charge is -2.11. The second kappa shape index (κ2) is 7.76. The first-order chi connectivity index (χ1) is 9.06. The maximum absolute atomic E-state index is 11.6. The molecule has 1 rings (SSSR count). The first-order valence-electron chi connectivity index (χ1n) is 6.41. The highest BCUT2D eigenvalue weighted by Gasteiger charge is 2.08. The Bertz CT molecular complexity index is 418. The molecule has 0 heterocycles. The number of carbonyl (C=O) groups excluding carboxylic acids is 1. The standard InChI is InChI=1S/C14H21NO4/c1-3-19-13-6-5-12(8-11(13)9-16)15-14(18)7-4-10(2)17/h5-6,8,10,16-17H,3-4,7,9H2,1-2H3,(H,15,18). The summed E-state index contributed by atoms with van der Waals surface area (Å²) in [6.07, 6.45) is 0.203. The summed E-state index contributed by atoms with van der Waals surface area (Å²) in [6, 6.07) is 5.13. The largest absolute Gasteiger partial charge is 0.494 e. The Morgan fingerprint density at radius 3 is 2.79 bits per heavy atom. The van der Waals surface area contributed by atoms with Gasteiger partial charge in [-0.15, -0.1) is 0 Å². The lowest BCUT2D eigenvalue weighted by atomic mass is 10.1. The zero-order chi connectivity index (χ0) is 14.3. The predicted molar refractivity (Wildman–Crippen MR) is 73.1 cm³/mol. The first kappa shape index (κ1) is 15.5. The molecule has 0 bridgehead atoms. The van der Waals surface area contributed by atoms with Crippen molar-refractivity contribution in [3.05, 3.63) is 23.8 Å². The van der Waals surface area contributed by atoms with Crippen LogP contribution in [0.15, 0.2) is 18.2 Å². The van der Waals surface area contributed by atoms with E-state index in [-0.39, 0.29) is 18.9 Å². The smallest absolute Gasteiger partial charge is 0.224 e. The summed E-state index contributed by atoms with van der Waals surface area (Å²) in [5.41, 5.74) is 1.25. The van der Waals surface area contributed by atoms with Crippen LogP contribution in [0.25, 0.3) is 0 Å². The van der Waals surface area contributed by atoms with Crippen LogP contribution in [0, 0.1) is 0 Å². The Kier molecular flexibility index (Phi) is 6.32. The lowest BCUT2D eigenvalue weighted by molar-refractivity contribution is -0.116. The Morgan fingerprint density at radius 1 is 1.47 bits per heavy atom. The van der Waals surface area contributed by atoms with Crippen LogP contribution >= 0.6 is 0 Å². The van der Waals surface area contributed by atoms with E-state index < -0.39 is 6.10 Å². The third-order valence-corrected chi connectivity index (χ3v) is 2.60. The van der Waals surface area contributed by atoms with Crippen LogP contribution in [0.2, 0.25) is 0 Å². The predicted octanol–water partition coefficient (Wildman–Crippen LogP) is 1.68. The van der Waals surface area contributed by atoms with E-state index in [2.05, 4.69) is 5.32 Å². The van der Waals surface area contributed by atoms with Crippen LogP contribution in [0.1, 0.15) is 32.3 Å². The molecule has 0 saturated carbocycles. The van der Waals surface area contributed by atoms with Gasteiger partial charge in [0.25, 0.3) is 0 Å². The van der Waals surface area contributed by atoms with Crippen molar-refractivity contribution in [3.63, 3.8) is 0 Å². The van der Waals surface area contributed by atoms with Crippen molar-refractivity contribution in [2.75, 3.05) is 11.9 Å². The van der Waals surface area contributed by atoms with Crippen LogP contribution in [-0.2, 0) is 11.4 Å². The highest BCUT2D eigenvalue weighted by molar-refractivity contribution is 5.90. The normalized spacial score (nSPS) is 12.0. The van der Waals surface area contributed by atoms with Gasteiger partial charge in [0.1, 0.15) is 5.75 Å². The van der Waals surface area contributed by atoms with Gasteiger partial charge in [0.2, 0.25) is 5.91 Å². The van der Waals surface area contributed by atoms with E-state index in [1.165, 1.54) is 0 Å². The Labute approximate surface area is 113 Å². The molecule has 0 aliphatic rings. The molecule has 0 aliphatic heterocycles. The highest BCUT2D eigenvalue weighted by atomic mass is 16.5. The van der Waals surface area contributed by atoms with E-state index in [1.807, 2.05) is 6.92 Å². The van der Waals surface area contributed by atoms with Crippen LogP contribution < -0.4 is 10.1 Å². The zero-order valence-corrected chi connectivity index (χ0v) is 11.3. The Hall–Kier alpha value is -1.59. The molecule has 1 atom stereocenters. The van der Waals surface area contributed by atoms with Gasteiger partial charge in [-0.3, -0.25) is 4.79 Å². The van der Waals surface area contributed by atoms with E-state index >= 15 is 0 Å². The van der Waals surface area contributed by atoms with Crippen molar-refractivity contribution < 1.29 is 19.7 Å². The molecule has 0 aromatic heterocycles. The minimum absolute atomic E-state index is 0.146. The number of nitrogens with one attached hydrogen (secondary N) is 1. The monoisotopic (exact) mass is 267 g/mol. The van der Waals surface area contributed by atoms with Crippen molar-refractivity contribution in [1.82, 2.24) is 0 Å². The van der Waals surface area contributed by atoms with E-state index in [1.54, 1.807) is 25.1 Å². The molecule has 106 valence electrons. The van der Waals surface area contributed by atoms with Gasteiger partial charge in [-0.25, -0.2) is 0 Å². The summed E-state index contributed by atoms with van der Waals surface area (Å²) in [4.78, 5) is 11.6. The minimum atomic E-state index is -0.487. The molecule has 5 heteroatoms. The van der Waals surface area contributed by atoms with E-state index in [4.69, 9.17) is 9.84 Å². The number of hydrogen-bond acceptors (Lipinski definition) is 4. The molecular formula is C14H21NO4. The maximum Gasteiger partial charge on any atom is 0.224 e. The second-order valence-corrected chi connectivity index (χ2v) is 4.35. The van der Waals surface area contributed by atoms with Crippen molar-refractivity contribution >= 4 is 11.6 Å². The average molecular weight is 267 g/mol. The average Bonchev–Trinajstić information content (AvgIpc) is 2.38. The number of benzene rings is 1. The summed E-state index contributed by atoms with van der Waals surface area (Å²) in [7, 11) is 0. The van der Waals surface area contributed by atoms with Gasteiger partial charge >= 0.3 is 0 Å². The van der Waals surface area contributed by atoms with Gasteiger partial charge in [-0.05, 0) is 38.5 Å². The quantitative estimate of drug-likeness (QED) is 0.702. The number of ether oxygens (including phenoxy) is 1. The van der Waals surface area contributed by atoms with Crippen LogP contribution in [0.3, 0.4) is 0 Å². The van der Waals surface area contributed by atoms with Gasteiger partial charge < -0.3 is 20.3 Å². The number of aliphatic hydroxyl groups excluding tert-OH is 2. The summed E-state index contributed by atoms with van der Waals surface area (Å²) in [6.45, 7) is 3.89. The number of rotatable bonds is 7. The van der Waals surface area contributed by atoms with Gasteiger partial charge in [-0.1, -0.05) is 0 Å². The van der Waals surface area contributed by atoms with Gasteiger partial charge in [-0.2, -0.15) is 0 Å². The molecule has 1 amide bonds. The van der Waals surface area contributed by atoms with Crippen LogP contribution in [0.4, 0.5) is 5.69 Å². The number of anilines is 1. The second-order valence-electron chi connectivity index (χ2n) is 4.35. The number of aliphatic hydroxyl groups is 2. The maximum atomic E-state index is 11.6. The molecule has 0 fully saturated rings. The fraction of sp³-hybridized carbons (Fsp3) is 0.500. The van der Waals surface area contributed by atoms with Crippen LogP contribution in [-0.4, -0.2) is 28.8 Å². The van der Waals surface area contributed by atoms with Crippen LogP contribution in [0.5, 0.6) is 5.75 Å². The number of amides is 1. The molecule has 1 aromatic rings. The summed E-state index contributed by atoms with van der Waals surface area (Å²) in [5.74, 6) is 0.459. The van der Waals surface area contributed by atoms with Crippen molar-refractivity contribution in [1.29, 1.82) is 0 Å².